The topological polar surface area (TPSA) is 50.3 Å². The van der Waals surface area contributed by atoms with E-state index in [1.807, 2.05) is 59.5 Å². The number of Topliss-reactive ketones (excluding diaryl/α,β-unsaturated/α-hetero) is 1. The van der Waals surface area contributed by atoms with Crippen molar-refractivity contribution in [1.82, 2.24) is 9.88 Å². The second-order valence-corrected chi connectivity index (χ2v) is 9.22. The van der Waals surface area contributed by atoms with Crippen LogP contribution in [0.3, 0.4) is 0 Å². The smallest absolute Gasteiger partial charge is 0.223 e. The summed E-state index contributed by atoms with van der Waals surface area (Å²) in [6.07, 6.45) is 2.40. The zero-order valence-corrected chi connectivity index (χ0v) is 18.1. The summed E-state index contributed by atoms with van der Waals surface area (Å²) in [5.74, 6) is 0.529. The second kappa shape index (κ2) is 8.60. The number of amides is 1. The van der Waals surface area contributed by atoms with Crippen molar-refractivity contribution in [2.45, 2.75) is 31.6 Å². The molecule has 0 radical (unpaired) electrons. The Labute approximate surface area is 185 Å². The highest BCUT2D eigenvalue weighted by molar-refractivity contribution is 7.18. The number of hydrogen-bond donors (Lipinski definition) is 0. The van der Waals surface area contributed by atoms with E-state index in [0.717, 1.165) is 42.2 Å². The number of hydrogen-bond acceptors (Lipinski definition) is 4. The number of carbonyl (C=O) groups excluding carboxylic acids is 2. The summed E-state index contributed by atoms with van der Waals surface area (Å²) < 4.78 is 1.23. The van der Waals surface area contributed by atoms with Gasteiger partial charge in [-0.1, -0.05) is 48.5 Å². The monoisotopic (exact) mass is 428 g/mol. The number of ketones is 1. The highest BCUT2D eigenvalue weighted by Crippen LogP contribution is 2.34. The Morgan fingerprint density at radius 1 is 0.903 bits per heavy atom. The van der Waals surface area contributed by atoms with Crippen molar-refractivity contribution in [2.24, 2.45) is 0 Å². The average molecular weight is 429 g/mol. The summed E-state index contributed by atoms with van der Waals surface area (Å²) in [7, 11) is 0. The second-order valence-electron chi connectivity index (χ2n) is 8.16. The van der Waals surface area contributed by atoms with Gasteiger partial charge in [0.15, 0.2) is 5.78 Å². The molecule has 4 nitrogen and oxygen atoms in total. The Morgan fingerprint density at radius 2 is 1.65 bits per heavy atom. The van der Waals surface area contributed by atoms with E-state index in [4.69, 9.17) is 4.98 Å². The molecular formula is C26H24N2O2S. The molecule has 0 spiro atoms. The van der Waals surface area contributed by atoms with Crippen molar-refractivity contribution in [1.29, 1.82) is 0 Å². The molecule has 0 N–H and O–H groups in total. The van der Waals surface area contributed by atoms with Crippen LogP contribution in [0.15, 0.2) is 66.7 Å². The molecule has 1 aliphatic rings. The molecule has 1 amide bonds. The normalized spacial score (nSPS) is 14.9. The fourth-order valence-corrected chi connectivity index (χ4v) is 5.46. The maximum Gasteiger partial charge on any atom is 0.223 e. The van der Waals surface area contributed by atoms with Gasteiger partial charge in [-0.25, -0.2) is 4.98 Å². The lowest BCUT2D eigenvalue weighted by Crippen LogP contribution is -2.38. The zero-order chi connectivity index (χ0) is 21.2. The lowest BCUT2D eigenvalue weighted by atomic mass is 9.97. The minimum Gasteiger partial charge on any atom is -0.343 e. The van der Waals surface area contributed by atoms with Crippen molar-refractivity contribution in [3.05, 3.63) is 77.3 Å². The van der Waals surface area contributed by atoms with Gasteiger partial charge in [0, 0.05) is 37.4 Å². The number of benzene rings is 3. The number of thiazole rings is 1. The van der Waals surface area contributed by atoms with Crippen LogP contribution in [0.25, 0.3) is 21.0 Å². The quantitative estimate of drug-likeness (QED) is 0.377. The summed E-state index contributed by atoms with van der Waals surface area (Å²) in [4.78, 5) is 32.0. The van der Waals surface area contributed by atoms with Gasteiger partial charge in [-0.05, 0) is 41.8 Å². The van der Waals surface area contributed by atoms with E-state index >= 15 is 0 Å². The molecule has 156 valence electrons. The molecule has 2 heterocycles. The van der Waals surface area contributed by atoms with Gasteiger partial charge < -0.3 is 4.90 Å². The summed E-state index contributed by atoms with van der Waals surface area (Å²) in [6, 6.07) is 22.0. The summed E-state index contributed by atoms with van der Waals surface area (Å²) in [6.45, 7) is 1.48. The van der Waals surface area contributed by atoms with Crippen molar-refractivity contribution in [3.8, 4) is 0 Å². The van der Waals surface area contributed by atoms with E-state index in [-0.39, 0.29) is 24.5 Å². The molecule has 0 unspecified atom stereocenters. The largest absolute Gasteiger partial charge is 0.343 e. The SMILES string of the molecule is O=C(CCC(=O)N1CCC(c2nc3ccccc3s2)CC1)c1ccc2ccccc2c1. The van der Waals surface area contributed by atoms with Crippen LogP contribution in [0.5, 0.6) is 0 Å². The average Bonchev–Trinajstić information content (AvgIpc) is 3.26. The van der Waals surface area contributed by atoms with Crippen LogP contribution in [-0.4, -0.2) is 34.7 Å². The van der Waals surface area contributed by atoms with Gasteiger partial charge in [-0.15, -0.1) is 11.3 Å². The first-order valence-corrected chi connectivity index (χ1v) is 11.6. The number of carbonyl (C=O) groups is 2. The highest BCUT2D eigenvalue weighted by Gasteiger charge is 2.26. The van der Waals surface area contributed by atoms with Crippen molar-refractivity contribution in [3.63, 3.8) is 0 Å². The van der Waals surface area contributed by atoms with E-state index in [1.54, 1.807) is 11.3 Å². The van der Waals surface area contributed by atoms with E-state index in [2.05, 4.69) is 12.1 Å². The Kier molecular flexibility index (Phi) is 5.51. The lowest BCUT2D eigenvalue weighted by Gasteiger charge is -2.31. The molecule has 0 bridgehead atoms. The number of nitrogens with zero attached hydrogens (tertiary/aromatic N) is 2. The Bertz CT molecular complexity index is 1220. The van der Waals surface area contributed by atoms with Crippen molar-refractivity contribution >= 4 is 44.0 Å². The third-order valence-corrected chi connectivity index (χ3v) is 7.34. The summed E-state index contributed by atoms with van der Waals surface area (Å²) in [5, 5.41) is 3.35. The predicted molar refractivity (Wildman–Crippen MR) is 126 cm³/mol. The van der Waals surface area contributed by atoms with Crippen molar-refractivity contribution < 1.29 is 9.59 Å². The lowest BCUT2D eigenvalue weighted by molar-refractivity contribution is -0.132. The third-order valence-electron chi connectivity index (χ3n) is 6.14. The molecule has 1 aromatic heterocycles. The van der Waals surface area contributed by atoms with Gasteiger partial charge in [-0.2, -0.15) is 0 Å². The third kappa shape index (κ3) is 4.23. The first-order valence-electron chi connectivity index (χ1n) is 10.8. The molecule has 4 aromatic rings. The molecule has 0 saturated carbocycles. The zero-order valence-electron chi connectivity index (χ0n) is 17.3. The summed E-state index contributed by atoms with van der Waals surface area (Å²) >= 11 is 1.77. The van der Waals surface area contributed by atoms with E-state index < -0.39 is 0 Å². The minimum absolute atomic E-state index is 0.0310. The molecular weight excluding hydrogens is 404 g/mol. The number of likely N-dealkylation sites (tertiary alicyclic amines) is 1. The van der Waals surface area contributed by atoms with Gasteiger partial charge >= 0.3 is 0 Å². The van der Waals surface area contributed by atoms with Crippen LogP contribution >= 0.6 is 11.3 Å². The maximum atomic E-state index is 12.7. The molecule has 5 heteroatoms. The van der Waals surface area contributed by atoms with Crippen LogP contribution in [0.4, 0.5) is 0 Å². The van der Waals surface area contributed by atoms with E-state index in [0.29, 0.717) is 11.5 Å². The Balaban J connectivity index is 1.15. The minimum atomic E-state index is 0.0310. The first kappa shape index (κ1) is 19.9. The van der Waals surface area contributed by atoms with Gasteiger partial charge in [0.05, 0.1) is 15.2 Å². The van der Waals surface area contributed by atoms with Crippen LogP contribution in [-0.2, 0) is 4.79 Å². The first-order chi connectivity index (χ1) is 15.2. The molecule has 0 aliphatic carbocycles. The Hall–Kier alpha value is -3.05. The molecule has 3 aromatic carbocycles. The van der Waals surface area contributed by atoms with Crippen LogP contribution in [0.1, 0.15) is 47.0 Å². The molecule has 1 aliphatic heterocycles. The molecule has 0 atom stereocenters. The number of piperidine rings is 1. The highest BCUT2D eigenvalue weighted by atomic mass is 32.1. The Morgan fingerprint density at radius 3 is 2.45 bits per heavy atom. The molecule has 31 heavy (non-hydrogen) atoms. The maximum absolute atomic E-state index is 12.7. The van der Waals surface area contributed by atoms with Gasteiger partial charge in [-0.3, -0.25) is 9.59 Å². The fraction of sp³-hybridized carbons (Fsp3) is 0.269. The number of para-hydroxylation sites is 1. The van der Waals surface area contributed by atoms with E-state index in [9.17, 15) is 9.59 Å². The van der Waals surface area contributed by atoms with Crippen LogP contribution in [0.2, 0.25) is 0 Å². The number of rotatable bonds is 5. The fourth-order valence-electron chi connectivity index (χ4n) is 4.33. The molecule has 1 fully saturated rings. The molecule has 1 saturated heterocycles. The van der Waals surface area contributed by atoms with Gasteiger partial charge in [0.25, 0.3) is 0 Å². The van der Waals surface area contributed by atoms with Gasteiger partial charge in [0.1, 0.15) is 0 Å². The van der Waals surface area contributed by atoms with Gasteiger partial charge in [0.2, 0.25) is 5.91 Å². The van der Waals surface area contributed by atoms with Crippen LogP contribution < -0.4 is 0 Å². The van der Waals surface area contributed by atoms with E-state index in [1.165, 1.54) is 9.71 Å². The van der Waals surface area contributed by atoms with Crippen molar-refractivity contribution in [2.75, 3.05) is 13.1 Å². The molecule has 5 rings (SSSR count). The number of aromatic nitrogens is 1. The number of fused-ring (bicyclic) bond motifs is 2. The summed E-state index contributed by atoms with van der Waals surface area (Å²) in [5.41, 5.74) is 1.74. The standard InChI is InChI=1S/C26H24N2O2S/c29-23(21-10-9-18-5-1-2-6-20(18)17-21)11-12-25(30)28-15-13-19(14-16-28)26-27-22-7-3-4-8-24(22)31-26/h1-10,17,19H,11-16H2. The predicted octanol–water partition coefficient (Wildman–Crippen LogP) is 5.82. The van der Waals surface area contributed by atoms with Crippen LogP contribution in [0, 0.1) is 0 Å².